The lowest BCUT2D eigenvalue weighted by atomic mass is 10.2. The van der Waals surface area contributed by atoms with E-state index in [-0.39, 0.29) is 5.91 Å². The van der Waals surface area contributed by atoms with Gasteiger partial charge in [-0.15, -0.1) is 0 Å². The highest BCUT2D eigenvalue weighted by molar-refractivity contribution is 5.96. The van der Waals surface area contributed by atoms with Crippen LogP contribution in [-0.2, 0) is 6.54 Å². The molecule has 4 heterocycles. The Kier molecular flexibility index (Phi) is 5.37. The minimum atomic E-state index is -0.0387. The summed E-state index contributed by atoms with van der Waals surface area (Å²) in [7, 11) is 1.58. The summed E-state index contributed by atoms with van der Waals surface area (Å²) in [5.74, 6) is 1.10. The average Bonchev–Trinajstić information content (AvgIpc) is 3.26. The molecule has 0 N–H and O–H groups in total. The van der Waals surface area contributed by atoms with Gasteiger partial charge in [-0.3, -0.25) is 4.79 Å². The quantitative estimate of drug-likeness (QED) is 0.481. The number of hydrogen-bond donors (Lipinski definition) is 0. The zero-order valence-corrected chi connectivity index (χ0v) is 17.8. The lowest BCUT2D eigenvalue weighted by Gasteiger charge is -2.34. The molecule has 1 fully saturated rings. The first-order valence-electron chi connectivity index (χ1n) is 10.5. The minimum Gasteiger partial charge on any atom is -0.481 e. The number of aromatic nitrogens is 5. The number of ether oxygens (including phenoxy) is 1. The Morgan fingerprint density at radius 1 is 1.03 bits per heavy atom. The number of fused-ring (bicyclic) bond motifs is 1. The van der Waals surface area contributed by atoms with Crippen LogP contribution < -0.4 is 9.64 Å². The maximum absolute atomic E-state index is 13.1. The summed E-state index contributed by atoms with van der Waals surface area (Å²) in [6.45, 7) is 3.16. The van der Waals surface area contributed by atoms with Crippen molar-refractivity contribution in [3.63, 3.8) is 0 Å². The van der Waals surface area contributed by atoms with Gasteiger partial charge in [-0.2, -0.15) is 4.98 Å². The lowest BCUT2D eigenvalue weighted by Crippen LogP contribution is -2.49. The van der Waals surface area contributed by atoms with Crippen LogP contribution in [0.5, 0.6) is 5.88 Å². The molecule has 3 aromatic heterocycles. The van der Waals surface area contributed by atoms with Crippen molar-refractivity contribution < 1.29 is 9.53 Å². The second-order valence-corrected chi connectivity index (χ2v) is 7.60. The predicted molar refractivity (Wildman–Crippen MR) is 120 cm³/mol. The zero-order chi connectivity index (χ0) is 21.9. The third kappa shape index (κ3) is 3.96. The number of benzene rings is 1. The van der Waals surface area contributed by atoms with Gasteiger partial charge in [0.2, 0.25) is 11.8 Å². The van der Waals surface area contributed by atoms with Gasteiger partial charge in [0.25, 0.3) is 5.91 Å². The molecule has 9 nitrogen and oxygen atoms in total. The molecule has 1 saturated heterocycles. The third-order valence-electron chi connectivity index (χ3n) is 5.57. The summed E-state index contributed by atoms with van der Waals surface area (Å²) in [6, 6.07) is 13.7. The van der Waals surface area contributed by atoms with E-state index >= 15 is 0 Å². The molecular weight excluding hydrogens is 406 g/mol. The average molecular weight is 429 g/mol. The first kappa shape index (κ1) is 19.9. The SMILES string of the molecule is COc1ccnc(N2CCN(C(=O)c3cnc4c(c3)ncn4Cc3ccccc3)CC2)n1. The monoisotopic (exact) mass is 429 g/mol. The number of pyridine rings is 1. The number of imidazole rings is 1. The van der Waals surface area contributed by atoms with Crippen LogP contribution in [0, 0.1) is 0 Å². The van der Waals surface area contributed by atoms with Gasteiger partial charge in [-0.05, 0) is 11.6 Å². The molecule has 4 aromatic rings. The molecule has 1 aliphatic rings. The van der Waals surface area contributed by atoms with Gasteiger partial charge < -0.3 is 19.1 Å². The third-order valence-corrected chi connectivity index (χ3v) is 5.57. The first-order valence-corrected chi connectivity index (χ1v) is 10.5. The molecule has 0 aliphatic carbocycles. The standard InChI is InChI=1S/C23H23N7O2/c1-32-20-7-8-24-23(27-20)29-11-9-28(10-12-29)22(31)18-13-19-21(25-14-18)30(16-26-19)15-17-5-3-2-4-6-17/h2-8,13-14,16H,9-12,15H2,1H3. The summed E-state index contributed by atoms with van der Waals surface area (Å²) < 4.78 is 7.17. The number of methoxy groups -OCH3 is 1. The molecule has 0 bridgehead atoms. The van der Waals surface area contributed by atoms with Crippen LogP contribution in [0.3, 0.4) is 0 Å². The summed E-state index contributed by atoms with van der Waals surface area (Å²) in [5.41, 5.74) is 3.21. The van der Waals surface area contributed by atoms with Crippen LogP contribution in [0.2, 0.25) is 0 Å². The molecule has 9 heteroatoms. The molecular formula is C23H23N7O2. The van der Waals surface area contributed by atoms with E-state index in [1.807, 2.05) is 33.7 Å². The molecule has 5 rings (SSSR count). The van der Waals surface area contributed by atoms with Crippen molar-refractivity contribution in [1.29, 1.82) is 0 Å². The molecule has 0 unspecified atom stereocenters. The Hall–Kier alpha value is -4.01. The number of piperazine rings is 1. The maximum Gasteiger partial charge on any atom is 0.255 e. The van der Waals surface area contributed by atoms with Crippen molar-refractivity contribution >= 4 is 23.0 Å². The van der Waals surface area contributed by atoms with Crippen LogP contribution in [0.4, 0.5) is 5.95 Å². The topological polar surface area (TPSA) is 89.3 Å². The van der Waals surface area contributed by atoms with Gasteiger partial charge >= 0.3 is 0 Å². The highest BCUT2D eigenvalue weighted by Gasteiger charge is 2.24. The van der Waals surface area contributed by atoms with Crippen LogP contribution in [0.25, 0.3) is 11.2 Å². The Morgan fingerprint density at radius 2 is 1.84 bits per heavy atom. The van der Waals surface area contributed by atoms with E-state index in [2.05, 4.69) is 37.0 Å². The highest BCUT2D eigenvalue weighted by atomic mass is 16.5. The van der Waals surface area contributed by atoms with Gasteiger partial charge in [0.15, 0.2) is 5.65 Å². The molecule has 1 amide bonds. The Morgan fingerprint density at radius 3 is 2.62 bits per heavy atom. The number of nitrogens with zero attached hydrogens (tertiary/aromatic N) is 7. The van der Waals surface area contributed by atoms with Crippen molar-refractivity contribution in [3.8, 4) is 5.88 Å². The van der Waals surface area contributed by atoms with E-state index in [4.69, 9.17) is 4.74 Å². The zero-order valence-electron chi connectivity index (χ0n) is 17.8. The van der Waals surface area contributed by atoms with E-state index in [0.717, 1.165) is 11.2 Å². The smallest absolute Gasteiger partial charge is 0.255 e. The Balaban J connectivity index is 1.27. The van der Waals surface area contributed by atoms with Gasteiger partial charge in [0, 0.05) is 44.6 Å². The molecule has 1 aromatic carbocycles. The van der Waals surface area contributed by atoms with Crippen LogP contribution >= 0.6 is 0 Å². The van der Waals surface area contributed by atoms with Crippen molar-refractivity contribution in [2.75, 3.05) is 38.2 Å². The largest absolute Gasteiger partial charge is 0.481 e. The second kappa shape index (κ2) is 8.62. The number of carbonyl (C=O) groups is 1. The molecule has 0 spiro atoms. The van der Waals surface area contributed by atoms with E-state index in [0.29, 0.717) is 50.1 Å². The maximum atomic E-state index is 13.1. The van der Waals surface area contributed by atoms with Crippen LogP contribution in [0.1, 0.15) is 15.9 Å². The fourth-order valence-electron chi connectivity index (χ4n) is 3.85. The Bertz CT molecular complexity index is 1230. The van der Waals surface area contributed by atoms with Crippen molar-refractivity contribution in [1.82, 2.24) is 29.4 Å². The van der Waals surface area contributed by atoms with E-state index in [1.54, 1.807) is 31.9 Å². The van der Waals surface area contributed by atoms with Crippen LogP contribution in [-0.4, -0.2) is 68.6 Å². The number of hydrogen-bond acceptors (Lipinski definition) is 7. The predicted octanol–water partition coefficient (Wildman–Crippen LogP) is 2.24. The van der Waals surface area contributed by atoms with Gasteiger partial charge in [-0.1, -0.05) is 30.3 Å². The second-order valence-electron chi connectivity index (χ2n) is 7.60. The number of anilines is 1. The van der Waals surface area contributed by atoms with Crippen LogP contribution in [0.15, 0.2) is 61.2 Å². The summed E-state index contributed by atoms with van der Waals surface area (Å²) in [5, 5.41) is 0. The molecule has 32 heavy (non-hydrogen) atoms. The van der Waals surface area contributed by atoms with E-state index in [1.165, 1.54) is 5.56 Å². The molecule has 162 valence electrons. The fourth-order valence-corrected chi connectivity index (χ4v) is 3.85. The number of rotatable bonds is 5. The van der Waals surface area contributed by atoms with Gasteiger partial charge in [-0.25, -0.2) is 15.0 Å². The van der Waals surface area contributed by atoms with Crippen molar-refractivity contribution in [3.05, 3.63) is 72.3 Å². The molecule has 1 aliphatic heterocycles. The van der Waals surface area contributed by atoms with Gasteiger partial charge in [0.05, 0.1) is 25.5 Å². The molecule has 0 atom stereocenters. The fraction of sp³-hybridized carbons (Fsp3) is 0.261. The van der Waals surface area contributed by atoms with Crippen molar-refractivity contribution in [2.45, 2.75) is 6.54 Å². The Labute approximate surface area is 185 Å². The minimum absolute atomic E-state index is 0.0387. The molecule has 0 saturated carbocycles. The number of amides is 1. The van der Waals surface area contributed by atoms with E-state index in [9.17, 15) is 4.79 Å². The summed E-state index contributed by atoms with van der Waals surface area (Å²) in [6.07, 6.45) is 5.09. The molecule has 0 radical (unpaired) electrons. The number of carbonyl (C=O) groups excluding carboxylic acids is 1. The normalized spacial score (nSPS) is 14.0. The lowest BCUT2D eigenvalue weighted by molar-refractivity contribution is 0.0746. The first-order chi connectivity index (χ1) is 15.7. The van der Waals surface area contributed by atoms with E-state index < -0.39 is 0 Å². The van der Waals surface area contributed by atoms with Gasteiger partial charge in [0.1, 0.15) is 5.52 Å². The van der Waals surface area contributed by atoms with Crippen molar-refractivity contribution in [2.24, 2.45) is 0 Å². The highest BCUT2D eigenvalue weighted by Crippen LogP contribution is 2.18. The summed E-state index contributed by atoms with van der Waals surface area (Å²) >= 11 is 0. The summed E-state index contributed by atoms with van der Waals surface area (Å²) in [4.78, 5) is 34.7.